The molecule has 11 heteroatoms. The van der Waals surface area contributed by atoms with E-state index in [9.17, 15) is 30.8 Å². The van der Waals surface area contributed by atoms with Gasteiger partial charge in [0.25, 0.3) is 0 Å². The number of benzene rings is 2. The van der Waals surface area contributed by atoms with Crippen molar-refractivity contribution in [2.45, 2.75) is 24.0 Å². The van der Waals surface area contributed by atoms with E-state index in [1.54, 1.807) is 29.2 Å². The minimum atomic E-state index is -4.97. The van der Waals surface area contributed by atoms with Crippen LogP contribution in [0.3, 0.4) is 0 Å². The molecule has 2 aliphatic rings. The normalized spacial score (nSPS) is 17.9. The Morgan fingerprint density at radius 3 is 2.25 bits per heavy atom. The predicted molar refractivity (Wildman–Crippen MR) is 109 cm³/mol. The van der Waals surface area contributed by atoms with Gasteiger partial charge in [0.05, 0.1) is 10.6 Å². The van der Waals surface area contributed by atoms with Gasteiger partial charge in [-0.05, 0) is 41.8 Å². The van der Waals surface area contributed by atoms with Gasteiger partial charge in [-0.1, -0.05) is 18.2 Å². The number of carbonyl (C=O) groups is 1. The van der Waals surface area contributed by atoms with Crippen molar-refractivity contribution < 1.29 is 30.8 Å². The number of nitrogens with zero attached hydrogens (tertiary/aromatic N) is 3. The predicted octanol–water partition coefficient (Wildman–Crippen LogP) is 2.78. The van der Waals surface area contributed by atoms with E-state index in [0.29, 0.717) is 29.2 Å². The molecule has 6 nitrogen and oxygen atoms in total. The van der Waals surface area contributed by atoms with E-state index in [-0.39, 0.29) is 43.3 Å². The molecule has 32 heavy (non-hydrogen) atoms. The van der Waals surface area contributed by atoms with Gasteiger partial charge in [-0.15, -0.1) is 0 Å². The number of piperazine rings is 1. The van der Waals surface area contributed by atoms with Gasteiger partial charge in [0.15, 0.2) is 0 Å². The number of anilines is 1. The number of halogens is 4. The van der Waals surface area contributed by atoms with Gasteiger partial charge >= 0.3 is 12.1 Å². The summed E-state index contributed by atoms with van der Waals surface area (Å²) < 4.78 is 79.9. The fraction of sp³-hybridized carbons (Fsp3) is 0.381. The van der Waals surface area contributed by atoms with E-state index in [4.69, 9.17) is 0 Å². The summed E-state index contributed by atoms with van der Waals surface area (Å²) in [6.07, 6.45) is -4.75. The van der Waals surface area contributed by atoms with Crippen LogP contribution in [-0.4, -0.2) is 62.4 Å². The monoisotopic (exact) mass is 471 g/mol. The van der Waals surface area contributed by atoms with Crippen LogP contribution >= 0.6 is 0 Å². The van der Waals surface area contributed by atoms with Gasteiger partial charge in [-0.3, -0.25) is 4.79 Å². The fourth-order valence-corrected chi connectivity index (χ4v) is 5.55. The van der Waals surface area contributed by atoms with Crippen LogP contribution < -0.4 is 4.90 Å². The van der Waals surface area contributed by atoms with Crippen LogP contribution in [0.15, 0.2) is 47.4 Å². The summed E-state index contributed by atoms with van der Waals surface area (Å²) >= 11 is 0. The highest BCUT2D eigenvalue weighted by atomic mass is 32.2. The molecule has 172 valence electrons. The van der Waals surface area contributed by atoms with Crippen LogP contribution in [0.2, 0.25) is 0 Å². The molecule has 1 fully saturated rings. The van der Waals surface area contributed by atoms with Gasteiger partial charge in [-0.25, -0.2) is 12.8 Å². The lowest BCUT2D eigenvalue weighted by Crippen LogP contribution is -2.49. The highest BCUT2D eigenvalue weighted by Gasteiger charge is 2.43. The Kier molecular flexibility index (Phi) is 5.89. The maximum absolute atomic E-state index is 14.0. The Hall–Kier alpha value is -2.66. The Labute approximate surface area is 183 Å². The van der Waals surface area contributed by atoms with E-state index >= 15 is 0 Å². The highest BCUT2D eigenvalue weighted by molar-refractivity contribution is 7.89. The SMILES string of the molecule is O=C(N1CCc2ccc(S(=O)(=O)N3CCN(c4ccccc4F)CC3)cc2C1)C(F)(F)F. The number of alkyl halides is 3. The van der Waals surface area contributed by atoms with Crippen molar-refractivity contribution in [1.29, 1.82) is 0 Å². The third kappa shape index (κ3) is 4.31. The zero-order valence-electron chi connectivity index (χ0n) is 17.0. The maximum Gasteiger partial charge on any atom is 0.471 e. The van der Waals surface area contributed by atoms with Gasteiger partial charge in [0, 0.05) is 39.3 Å². The van der Waals surface area contributed by atoms with Crippen molar-refractivity contribution in [3.8, 4) is 0 Å². The molecule has 4 rings (SSSR count). The summed E-state index contributed by atoms with van der Waals surface area (Å²) in [6.45, 7) is 0.532. The van der Waals surface area contributed by atoms with Crippen molar-refractivity contribution in [3.63, 3.8) is 0 Å². The molecule has 0 bridgehead atoms. The second kappa shape index (κ2) is 8.36. The van der Waals surface area contributed by atoms with Crippen LogP contribution in [0.25, 0.3) is 0 Å². The minimum absolute atomic E-state index is 0.0306. The van der Waals surface area contributed by atoms with E-state index in [1.807, 2.05) is 0 Å². The molecule has 0 spiro atoms. The first-order valence-corrected chi connectivity index (χ1v) is 11.5. The van der Waals surface area contributed by atoms with Gasteiger partial charge in [0.2, 0.25) is 10.0 Å². The van der Waals surface area contributed by atoms with Crippen molar-refractivity contribution in [2.24, 2.45) is 0 Å². The van der Waals surface area contributed by atoms with Crippen LogP contribution in [0, 0.1) is 5.82 Å². The number of fused-ring (bicyclic) bond motifs is 1. The summed E-state index contributed by atoms with van der Waals surface area (Å²) in [6, 6.07) is 10.7. The number of amides is 1. The first-order chi connectivity index (χ1) is 15.1. The molecule has 2 aromatic rings. The first kappa shape index (κ1) is 22.5. The van der Waals surface area contributed by atoms with Crippen LogP contribution in [-0.2, 0) is 27.8 Å². The molecule has 2 aromatic carbocycles. The van der Waals surface area contributed by atoms with Crippen LogP contribution in [0.4, 0.5) is 23.2 Å². The molecule has 0 radical (unpaired) electrons. The topological polar surface area (TPSA) is 60.9 Å². The van der Waals surface area contributed by atoms with E-state index in [1.165, 1.54) is 22.5 Å². The highest BCUT2D eigenvalue weighted by Crippen LogP contribution is 2.28. The Bertz CT molecular complexity index is 1130. The third-order valence-corrected chi connectivity index (χ3v) is 7.68. The lowest BCUT2D eigenvalue weighted by atomic mass is 10.00. The quantitative estimate of drug-likeness (QED) is 0.646. The van der Waals surface area contributed by atoms with E-state index in [0.717, 1.165) is 5.56 Å². The summed E-state index contributed by atoms with van der Waals surface area (Å²) in [5.41, 5.74) is 1.52. The van der Waals surface area contributed by atoms with Gasteiger partial charge in [0.1, 0.15) is 5.82 Å². The minimum Gasteiger partial charge on any atom is -0.367 e. The first-order valence-electron chi connectivity index (χ1n) is 10.0. The van der Waals surface area contributed by atoms with Gasteiger partial charge in [-0.2, -0.15) is 17.5 Å². The molecule has 0 unspecified atom stereocenters. The molecule has 0 saturated carbocycles. The summed E-state index contributed by atoms with van der Waals surface area (Å²) in [4.78, 5) is 14.0. The molecule has 0 aliphatic carbocycles. The molecule has 2 aliphatic heterocycles. The third-order valence-electron chi connectivity index (χ3n) is 5.79. The average molecular weight is 471 g/mol. The molecule has 0 N–H and O–H groups in total. The lowest BCUT2D eigenvalue weighted by molar-refractivity contribution is -0.186. The number of hydrogen-bond acceptors (Lipinski definition) is 4. The lowest BCUT2D eigenvalue weighted by Gasteiger charge is -2.35. The molecular formula is C21H21F4N3O3S. The summed E-state index contributed by atoms with van der Waals surface area (Å²) in [5, 5.41) is 0. The largest absolute Gasteiger partial charge is 0.471 e. The Balaban J connectivity index is 1.50. The standard InChI is InChI=1S/C21H21F4N3O3S/c22-18-3-1-2-4-19(18)26-9-11-28(12-10-26)32(30,31)17-6-5-15-7-8-27(14-16(15)13-17)20(29)21(23,24)25/h1-6,13H,7-12,14H2. The summed E-state index contributed by atoms with van der Waals surface area (Å²) in [7, 11) is -3.89. The summed E-state index contributed by atoms with van der Waals surface area (Å²) in [5.74, 6) is -2.31. The second-order valence-electron chi connectivity index (χ2n) is 7.75. The van der Waals surface area contributed by atoms with E-state index in [2.05, 4.69) is 0 Å². The number of para-hydroxylation sites is 1. The molecule has 0 aromatic heterocycles. The molecule has 1 saturated heterocycles. The van der Waals surface area contributed by atoms with Crippen LogP contribution in [0.5, 0.6) is 0 Å². The zero-order valence-corrected chi connectivity index (χ0v) is 17.8. The fourth-order valence-electron chi connectivity index (χ4n) is 4.07. The average Bonchev–Trinajstić information content (AvgIpc) is 2.77. The molecule has 1 amide bonds. The number of carbonyl (C=O) groups excluding carboxylic acids is 1. The Morgan fingerprint density at radius 1 is 0.906 bits per heavy atom. The van der Waals surface area contributed by atoms with Crippen LogP contribution in [0.1, 0.15) is 11.1 Å². The second-order valence-corrected chi connectivity index (χ2v) is 9.69. The smallest absolute Gasteiger partial charge is 0.367 e. The maximum atomic E-state index is 14.0. The number of rotatable bonds is 3. The molecule has 0 atom stereocenters. The number of hydrogen-bond donors (Lipinski definition) is 0. The van der Waals surface area contributed by atoms with Crippen molar-refractivity contribution >= 4 is 21.6 Å². The molecule has 2 heterocycles. The van der Waals surface area contributed by atoms with Gasteiger partial charge < -0.3 is 9.80 Å². The van der Waals surface area contributed by atoms with E-state index < -0.39 is 22.1 Å². The number of sulfonamides is 1. The van der Waals surface area contributed by atoms with Crippen molar-refractivity contribution in [2.75, 3.05) is 37.6 Å². The zero-order chi connectivity index (χ0) is 23.1. The van der Waals surface area contributed by atoms with Crippen molar-refractivity contribution in [1.82, 2.24) is 9.21 Å². The molecular weight excluding hydrogens is 450 g/mol. The Morgan fingerprint density at radius 2 is 1.59 bits per heavy atom. The van der Waals surface area contributed by atoms with Crippen molar-refractivity contribution in [3.05, 3.63) is 59.4 Å².